The van der Waals surface area contributed by atoms with E-state index in [0.717, 1.165) is 30.8 Å². The second kappa shape index (κ2) is 6.81. The lowest BCUT2D eigenvalue weighted by atomic mass is 9.89. The zero-order chi connectivity index (χ0) is 16.4. The summed E-state index contributed by atoms with van der Waals surface area (Å²) in [5, 5.41) is 10.9. The number of phenols is 1. The number of ether oxygens (including phenoxy) is 1. The minimum absolute atomic E-state index is 0.220. The van der Waals surface area contributed by atoms with Gasteiger partial charge in [0.05, 0.1) is 7.11 Å². The number of fused-ring (bicyclic) bond motifs is 1. The molecule has 1 aliphatic heterocycles. The van der Waals surface area contributed by atoms with Crippen LogP contribution in [0.3, 0.4) is 0 Å². The minimum Gasteiger partial charge on any atom is -0.504 e. The maximum atomic E-state index is 10.1. The van der Waals surface area contributed by atoms with Crippen molar-refractivity contribution in [3.63, 3.8) is 0 Å². The molecule has 0 aliphatic carbocycles. The second-order valence-corrected chi connectivity index (χ2v) is 6.57. The van der Waals surface area contributed by atoms with Crippen LogP contribution in [0.5, 0.6) is 11.5 Å². The van der Waals surface area contributed by atoms with Crippen molar-refractivity contribution in [2.75, 3.05) is 20.7 Å². The van der Waals surface area contributed by atoms with Crippen molar-refractivity contribution in [1.29, 1.82) is 0 Å². The molecule has 0 amide bonds. The van der Waals surface area contributed by atoms with Crippen molar-refractivity contribution in [2.45, 2.75) is 25.3 Å². The van der Waals surface area contributed by atoms with Gasteiger partial charge in [0.1, 0.15) is 0 Å². The maximum absolute atomic E-state index is 10.1. The van der Waals surface area contributed by atoms with E-state index in [1.54, 1.807) is 7.11 Å². The molecule has 1 aliphatic rings. The van der Waals surface area contributed by atoms with Gasteiger partial charge in [-0.05, 0) is 67.3 Å². The third-order valence-corrected chi connectivity index (χ3v) is 4.94. The average molecular weight is 332 g/mol. The van der Waals surface area contributed by atoms with Crippen LogP contribution in [0.2, 0.25) is 5.02 Å². The van der Waals surface area contributed by atoms with E-state index >= 15 is 0 Å². The summed E-state index contributed by atoms with van der Waals surface area (Å²) in [5.41, 5.74) is 3.78. The first kappa shape index (κ1) is 16.2. The smallest absolute Gasteiger partial charge is 0.160 e. The summed E-state index contributed by atoms with van der Waals surface area (Å²) >= 11 is 5.95. The zero-order valence-corrected chi connectivity index (χ0v) is 14.3. The molecule has 4 heteroatoms. The highest BCUT2D eigenvalue weighted by molar-refractivity contribution is 6.30. The number of nitrogens with zero attached hydrogens (tertiary/aromatic N) is 1. The van der Waals surface area contributed by atoms with Gasteiger partial charge in [0.2, 0.25) is 0 Å². The first-order chi connectivity index (χ1) is 11.1. The average Bonchev–Trinajstić information content (AvgIpc) is 2.55. The Bertz CT molecular complexity index is 685. The summed E-state index contributed by atoms with van der Waals surface area (Å²) in [6.45, 7) is 1.02. The number of methoxy groups -OCH3 is 1. The minimum atomic E-state index is 0.220. The standard InChI is InChI=1S/C19H22ClNO2/c1-21-10-9-14-11-19(23-2)18(22)12-16(14)17(21)8-5-13-3-6-15(20)7-4-13/h3-4,6-7,11-12,17,22H,5,8-10H2,1-2H3. The molecule has 0 radical (unpaired) electrons. The largest absolute Gasteiger partial charge is 0.504 e. The number of phenolic OH excluding ortho intramolecular Hbond substituents is 1. The van der Waals surface area contributed by atoms with Crippen LogP contribution in [-0.4, -0.2) is 30.7 Å². The van der Waals surface area contributed by atoms with Gasteiger partial charge in [-0.25, -0.2) is 0 Å². The Morgan fingerprint density at radius 3 is 2.70 bits per heavy atom. The van der Waals surface area contributed by atoms with E-state index in [-0.39, 0.29) is 5.75 Å². The second-order valence-electron chi connectivity index (χ2n) is 6.13. The molecule has 1 unspecified atom stereocenters. The van der Waals surface area contributed by atoms with Gasteiger partial charge in [-0.1, -0.05) is 23.7 Å². The Kier molecular flexibility index (Phi) is 4.79. The van der Waals surface area contributed by atoms with Crippen molar-refractivity contribution in [3.05, 3.63) is 58.1 Å². The van der Waals surface area contributed by atoms with Crippen LogP contribution in [0.25, 0.3) is 0 Å². The number of likely N-dealkylation sites (N-methyl/N-ethyl adjacent to an activating group) is 1. The molecule has 0 saturated heterocycles. The molecule has 1 heterocycles. The molecule has 3 nitrogen and oxygen atoms in total. The van der Waals surface area contributed by atoms with Crippen LogP contribution in [0.15, 0.2) is 36.4 Å². The number of hydrogen-bond acceptors (Lipinski definition) is 3. The molecular weight excluding hydrogens is 310 g/mol. The molecule has 0 fully saturated rings. The van der Waals surface area contributed by atoms with E-state index in [9.17, 15) is 5.11 Å². The topological polar surface area (TPSA) is 32.7 Å². The van der Waals surface area contributed by atoms with Crippen LogP contribution in [0, 0.1) is 0 Å². The highest BCUT2D eigenvalue weighted by Crippen LogP contribution is 2.38. The maximum Gasteiger partial charge on any atom is 0.160 e. The molecule has 122 valence electrons. The number of aromatic hydroxyl groups is 1. The van der Waals surface area contributed by atoms with Crippen LogP contribution in [0.1, 0.15) is 29.2 Å². The number of rotatable bonds is 4. The summed E-state index contributed by atoms with van der Waals surface area (Å²) in [7, 11) is 3.74. The summed E-state index contributed by atoms with van der Waals surface area (Å²) in [5.74, 6) is 0.780. The molecule has 2 aromatic rings. The summed E-state index contributed by atoms with van der Waals surface area (Å²) in [6, 6.07) is 12.2. The Balaban J connectivity index is 1.82. The lowest BCUT2D eigenvalue weighted by molar-refractivity contribution is 0.218. The SMILES string of the molecule is COc1cc2c(cc1O)C(CCc1ccc(Cl)cc1)N(C)CC2. The summed E-state index contributed by atoms with van der Waals surface area (Å²) in [4.78, 5) is 2.37. The molecular formula is C19H22ClNO2. The van der Waals surface area contributed by atoms with E-state index < -0.39 is 0 Å². The highest BCUT2D eigenvalue weighted by atomic mass is 35.5. The molecule has 0 saturated carbocycles. The number of benzene rings is 2. The van der Waals surface area contributed by atoms with Gasteiger partial charge >= 0.3 is 0 Å². The molecule has 2 aromatic carbocycles. The van der Waals surface area contributed by atoms with E-state index in [0.29, 0.717) is 11.8 Å². The van der Waals surface area contributed by atoms with E-state index in [4.69, 9.17) is 16.3 Å². The fourth-order valence-corrected chi connectivity index (χ4v) is 3.46. The fraction of sp³-hybridized carbons (Fsp3) is 0.368. The van der Waals surface area contributed by atoms with Crippen molar-refractivity contribution in [1.82, 2.24) is 4.90 Å². The van der Waals surface area contributed by atoms with Crippen molar-refractivity contribution in [2.24, 2.45) is 0 Å². The Labute approximate surface area is 142 Å². The van der Waals surface area contributed by atoms with Crippen LogP contribution < -0.4 is 4.74 Å². The third-order valence-electron chi connectivity index (χ3n) is 4.69. The van der Waals surface area contributed by atoms with Crippen LogP contribution >= 0.6 is 11.6 Å². The predicted octanol–water partition coefficient (Wildman–Crippen LogP) is 4.22. The molecule has 0 aromatic heterocycles. The lowest BCUT2D eigenvalue weighted by Crippen LogP contribution is -2.32. The molecule has 1 N–H and O–H groups in total. The number of halogens is 1. The molecule has 0 bridgehead atoms. The first-order valence-corrected chi connectivity index (χ1v) is 8.30. The van der Waals surface area contributed by atoms with Gasteiger partial charge in [0.25, 0.3) is 0 Å². The first-order valence-electron chi connectivity index (χ1n) is 7.93. The van der Waals surface area contributed by atoms with Gasteiger partial charge in [-0.15, -0.1) is 0 Å². The van der Waals surface area contributed by atoms with Gasteiger partial charge in [-0.2, -0.15) is 0 Å². The van der Waals surface area contributed by atoms with Gasteiger partial charge in [-0.3, -0.25) is 4.90 Å². The fourth-order valence-electron chi connectivity index (χ4n) is 3.34. The van der Waals surface area contributed by atoms with Crippen molar-refractivity contribution in [3.8, 4) is 11.5 Å². The quantitative estimate of drug-likeness (QED) is 0.910. The lowest BCUT2D eigenvalue weighted by Gasteiger charge is -2.35. The number of aryl methyl sites for hydroxylation is 1. The normalized spacial score (nSPS) is 17.8. The van der Waals surface area contributed by atoms with Gasteiger partial charge in [0.15, 0.2) is 11.5 Å². The van der Waals surface area contributed by atoms with Crippen LogP contribution in [-0.2, 0) is 12.8 Å². The predicted molar refractivity (Wildman–Crippen MR) is 93.5 cm³/mol. The van der Waals surface area contributed by atoms with E-state index in [2.05, 4.69) is 24.1 Å². The Morgan fingerprint density at radius 2 is 2.00 bits per heavy atom. The van der Waals surface area contributed by atoms with Crippen LogP contribution in [0.4, 0.5) is 0 Å². The molecule has 23 heavy (non-hydrogen) atoms. The van der Waals surface area contributed by atoms with Gasteiger partial charge < -0.3 is 9.84 Å². The molecule has 3 rings (SSSR count). The van der Waals surface area contributed by atoms with E-state index in [1.165, 1.54) is 16.7 Å². The number of hydrogen-bond donors (Lipinski definition) is 1. The third kappa shape index (κ3) is 3.46. The molecule has 0 spiro atoms. The van der Waals surface area contributed by atoms with Crippen molar-refractivity contribution < 1.29 is 9.84 Å². The molecule has 1 atom stereocenters. The van der Waals surface area contributed by atoms with E-state index in [1.807, 2.05) is 24.3 Å². The highest BCUT2D eigenvalue weighted by Gasteiger charge is 2.26. The zero-order valence-electron chi connectivity index (χ0n) is 13.6. The Hall–Kier alpha value is -1.71. The van der Waals surface area contributed by atoms with Crippen molar-refractivity contribution >= 4 is 11.6 Å². The van der Waals surface area contributed by atoms with Gasteiger partial charge in [0, 0.05) is 17.6 Å². The Morgan fingerprint density at radius 1 is 1.26 bits per heavy atom. The monoisotopic (exact) mass is 331 g/mol. The summed E-state index contributed by atoms with van der Waals surface area (Å²) < 4.78 is 5.24. The summed E-state index contributed by atoms with van der Waals surface area (Å²) in [6.07, 6.45) is 2.98.